The number of hydrogen-bond acceptors (Lipinski definition) is 4. The predicted molar refractivity (Wildman–Crippen MR) is 102 cm³/mol. The zero-order valence-electron chi connectivity index (χ0n) is 15.7. The van der Waals surface area contributed by atoms with Crippen molar-refractivity contribution < 1.29 is 18.7 Å². The first-order valence-corrected chi connectivity index (χ1v) is 8.63. The quantitative estimate of drug-likeness (QED) is 0.746. The average Bonchev–Trinajstić information content (AvgIpc) is 2.67. The van der Waals surface area contributed by atoms with Gasteiger partial charge in [0.15, 0.2) is 11.6 Å². The fourth-order valence-electron chi connectivity index (χ4n) is 2.60. The molecule has 0 bridgehead atoms. The fourth-order valence-corrected chi connectivity index (χ4v) is 2.60. The van der Waals surface area contributed by atoms with Gasteiger partial charge < -0.3 is 15.4 Å². The zero-order chi connectivity index (χ0) is 19.8. The summed E-state index contributed by atoms with van der Waals surface area (Å²) >= 11 is 0. The maximum Gasteiger partial charge on any atom is 0.251 e. The van der Waals surface area contributed by atoms with Crippen molar-refractivity contribution in [3.8, 4) is 5.75 Å². The van der Waals surface area contributed by atoms with Crippen LogP contribution in [0.1, 0.15) is 22.8 Å². The topological polar surface area (TPSA) is 70.7 Å². The predicted octanol–water partition coefficient (Wildman–Crippen LogP) is 2.65. The molecule has 0 aliphatic carbocycles. The molecule has 0 aliphatic heterocycles. The van der Waals surface area contributed by atoms with Gasteiger partial charge in [-0.1, -0.05) is 13.0 Å². The fraction of sp³-hybridized carbons (Fsp3) is 0.300. The smallest absolute Gasteiger partial charge is 0.251 e. The first-order chi connectivity index (χ1) is 13.0. The lowest BCUT2D eigenvalue weighted by molar-refractivity contribution is -0.117. The van der Waals surface area contributed by atoms with Crippen molar-refractivity contribution in [2.45, 2.75) is 13.5 Å². The van der Waals surface area contributed by atoms with E-state index in [2.05, 4.69) is 10.6 Å². The highest BCUT2D eigenvalue weighted by Crippen LogP contribution is 2.18. The second-order valence-electron chi connectivity index (χ2n) is 5.98. The van der Waals surface area contributed by atoms with Crippen molar-refractivity contribution in [3.05, 3.63) is 59.4 Å². The van der Waals surface area contributed by atoms with Gasteiger partial charge in [0.05, 0.1) is 13.7 Å². The van der Waals surface area contributed by atoms with Crippen molar-refractivity contribution in [1.29, 1.82) is 0 Å². The minimum Gasteiger partial charge on any atom is -0.494 e. The van der Waals surface area contributed by atoms with Crippen LogP contribution in [0.4, 0.5) is 10.1 Å². The van der Waals surface area contributed by atoms with Gasteiger partial charge >= 0.3 is 0 Å². The number of rotatable bonds is 8. The van der Waals surface area contributed by atoms with Crippen LogP contribution < -0.4 is 15.4 Å². The summed E-state index contributed by atoms with van der Waals surface area (Å²) in [7, 11) is 2.98. The Labute approximate surface area is 158 Å². The highest BCUT2D eigenvalue weighted by Gasteiger charge is 2.12. The number of ether oxygens (including phenoxy) is 1. The summed E-state index contributed by atoms with van der Waals surface area (Å²) in [6.45, 7) is 3.18. The Hall–Kier alpha value is -2.93. The maximum atomic E-state index is 13.8. The van der Waals surface area contributed by atoms with E-state index in [9.17, 15) is 14.0 Å². The van der Waals surface area contributed by atoms with Crippen LogP contribution in [0.5, 0.6) is 5.75 Å². The zero-order valence-corrected chi connectivity index (χ0v) is 15.7. The number of carbonyl (C=O) groups is 2. The van der Waals surface area contributed by atoms with Gasteiger partial charge in [-0.05, 0) is 48.5 Å². The number of hydrogen-bond donors (Lipinski definition) is 2. The summed E-state index contributed by atoms with van der Waals surface area (Å²) in [5, 5.41) is 5.34. The summed E-state index contributed by atoms with van der Waals surface area (Å²) in [5.41, 5.74) is 1.89. The summed E-state index contributed by atoms with van der Waals surface area (Å²) in [6.07, 6.45) is 0. The molecule has 0 spiro atoms. The van der Waals surface area contributed by atoms with Crippen molar-refractivity contribution >= 4 is 17.5 Å². The number of halogens is 1. The van der Waals surface area contributed by atoms with E-state index in [0.717, 1.165) is 5.56 Å². The SMILES string of the molecule is CCN(CC(=O)Nc1ccc(C(=O)NC)cc1)Cc1ccc(OC)c(F)c1. The maximum absolute atomic E-state index is 13.8. The molecule has 0 heterocycles. The van der Waals surface area contributed by atoms with Crippen LogP contribution in [-0.4, -0.2) is 44.0 Å². The molecule has 2 aromatic rings. The van der Waals surface area contributed by atoms with E-state index in [1.807, 2.05) is 11.8 Å². The van der Waals surface area contributed by atoms with Crippen LogP contribution in [0.15, 0.2) is 42.5 Å². The lowest BCUT2D eigenvalue weighted by Crippen LogP contribution is -2.32. The lowest BCUT2D eigenvalue weighted by atomic mass is 10.2. The number of methoxy groups -OCH3 is 1. The summed E-state index contributed by atoms with van der Waals surface area (Å²) < 4.78 is 18.7. The minimum absolute atomic E-state index is 0.168. The molecule has 2 aromatic carbocycles. The van der Waals surface area contributed by atoms with Crippen LogP contribution >= 0.6 is 0 Å². The number of anilines is 1. The molecule has 6 nitrogen and oxygen atoms in total. The van der Waals surface area contributed by atoms with Crippen LogP contribution in [-0.2, 0) is 11.3 Å². The van der Waals surface area contributed by atoms with Crippen LogP contribution in [0.3, 0.4) is 0 Å². The molecule has 144 valence electrons. The number of carbonyl (C=O) groups excluding carboxylic acids is 2. The number of benzene rings is 2. The van der Waals surface area contributed by atoms with Gasteiger partial charge in [0.25, 0.3) is 5.91 Å². The Bertz CT molecular complexity index is 794. The van der Waals surface area contributed by atoms with Gasteiger partial charge in [0, 0.05) is 24.8 Å². The number of nitrogens with one attached hydrogen (secondary N) is 2. The largest absolute Gasteiger partial charge is 0.494 e. The Balaban J connectivity index is 1.94. The van der Waals surface area contributed by atoms with Gasteiger partial charge in [0.1, 0.15) is 0 Å². The molecule has 0 aliphatic rings. The van der Waals surface area contributed by atoms with E-state index < -0.39 is 5.82 Å². The first kappa shape index (κ1) is 20.4. The molecule has 27 heavy (non-hydrogen) atoms. The monoisotopic (exact) mass is 373 g/mol. The van der Waals surface area contributed by atoms with E-state index in [1.165, 1.54) is 13.2 Å². The third-order valence-electron chi connectivity index (χ3n) is 4.09. The summed E-state index contributed by atoms with van der Waals surface area (Å²) in [6, 6.07) is 11.4. The van der Waals surface area contributed by atoms with E-state index in [1.54, 1.807) is 43.4 Å². The number of amides is 2. The van der Waals surface area contributed by atoms with Crippen molar-refractivity contribution in [1.82, 2.24) is 10.2 Å². The van der Waals surface area contributed by atoms with Gasteiger partial charge in [-0.15, -0.1) is 0 Å². The minimum atomic E-state index is -0.424. The van der Waals surface area contributed by atoms with Crippen LogP contribution in [0.2, 0.25) is 0 Å². The second kappa shape index (κ2) is 9.68. The van der Waals surface area contributed by atoms with Crippen LogP contribution in [0, 0.1) is 5.82 Å². The summed E-state index contributed by atoms with van der Waals surface area (Å²) in [5.74, 6) is -0.596. The molecule has 0 radical (unpaired) electrons. The second-order valence-corrected chi connectivity index (χ2v) is 5.98. The van der Waals surface area contributed by atoms with Gasteiger partial charge in [-0.3, -0.25) is 14.5 Å². The molecule has 0 fully saturated rings. The van der Waals surface area contributed by atoms with Gasteiger partial charge in [-0.2, -0.15) is 0 Å². The molecule has 0 saturated carbocycles. The normalized spacial score (nSPS) is 10.6. The van der Waals surface area contributed by atoms with E-state index in [4.69, 9.17) is 4.74 Å². The first-order valence-electron chi connectivity index (χ1n) is 8.63. The molecular weight excluding hydrogens is 349 g/mol. The van der Waals surface area contributed by atoms with E-state index in [0.29, 0.717) is 24.3 Å². The van der Waals surface area contributed by atoms with E-state index in [-0.39, 0.29) is 24.1 Å². The molecule has 0 aromatic heterocycles. The Kier molecular flexibility index (Phi) is 7.31. The number of nitrogens with zero attached hydrogens (tertiary/aromatic N) is 1. The van der Waals surface area contributed by atoms with E-state index >= 15 is 0 Å². The Morgan fingerprint density at radius 1 is 1.15 bits per heavy atom. The molecule has 2 rings (SSSR count). The average molecular weight is 373 g/mol. The molecule has 0 saturated heterocycles. The van der Waals surface area contributed by atoms with Gasteiger partial charge in [-0.25, -0.2) is 4.39 Å². The van der Waals surface area contributed by atoms with Crippen LogP contribution in [0.25, 0.3) is 0 Å². The highest BCUT2D eigenvalue weighted by molar-refractivity contribution is 5.96. The Morgan fingerprint density at radius 3 is 2.41 bits per heavy atom. The lowest BCUT2D eigenvalue weighted by Gasteiger charge is -2.20. The molecule has 0 atom stereocenters. The molecule has 2 amide bonds. The number of likely N-dealkylation sites (N-methyl/N-ethyl adjacent to an activating group) is 1. The molecule has 2 N–H and O–H groups in total. The van der Waals surface area contributed by atoms with Crippen molar-refractivity contribution in [3.63, 3.8) is 0 Å². The van der Waals surface area contributed by atoms with Crippen molar-refractivity contribution in [2.75, 3.05) is 32.6 Å². The standard InChI is InChI=1S/C20H24FN3O3/c1-4-24(12-14-5-10-18(27-3)17(21)11-14)13-19(25)23-16-8-6-15(7-9-16)20(26)22-2/h5-11H,4,12-13H2,1-3H3,(H,22,26)(H,23,25). The summed E-state index contributed by atoms with van der Waals surface area (Å²) in [4.78, 5) is 25.7. The molecule has 7 heteroatoms. The third-order valence-corrected chi connectivity index (χ3v) is 4.09. The highest BCUT2D eigenvalue weighted by atomic mass is 19.1. The molecule has 0 unspecified atom stereocenters. The van der Waals surface area contributed by atoms with Crippen molar-refractivity contribution in [2.24, 2.45) is 0 Å². The van der Waals surface area contributed by atoms with Gasteiger partial charge in [0.2, 0.25) is 5.91 Å². The molecular formula is C20H24FN3O3. The Morgan fingerprint density at radius 2 is 1.85 bits per heavy atom. The third kappa shape index (κ3) is 5.79.